The molecule has 0 aliphatic carbocycles. The molecule has 0 radical (unpaired) electrons. The molecule has 1 saturated heterocycles. The Labute approximate surface area is 116 Å². The Morgan fingerprint density at radius 2 is 2.21 bits per heavy atom. The van der Waals surface area contributed by atoms with Crippen LogP contribution in [0.1, 0.15) is 25.2 Å². The van der Waals surface area contributed by atoms with Crippen LogP contribution in [0, 0.1) is 0 Å². The molecule has 5 nitrogen and oxygen atoms in total. The first-order valence-corrected chi connectivity index (χ1v) is 7.24. The van der Waals surface area contributed by atoms with Gasteiger partial charge in [0.15, 0.2) is 0 Å². The van der Waals surface area contributed by atoms with Gasteiger partial charge in [-0.15, -0.1) is 0 Å². The lowest BCUT2D eigenvalue weighted by molar-refractivity contribution is 0.176. The molecule has 2 heterocycles. The first-order chi connectivity index (χ1) is 9.17. The minimum atomic E-state index is 0.278. The lowest BCUT2D eigenvalue weighted by atomic mass is 10.1. The second-order valence-electron chi connectivity index (χ2n) is 5.50. The number of aryl methyl sites for hydroxylation is 1. The quantitative estimate of drug-likeness (QED) is 0.873. The van der Waals surface area contributed by atoms with E-state index in [2.05, 4.69) is 51.9 Å². The number of aromatic nitrogens is 2. The third kappa shape index (κ3) is 3.16. The molecule has 1 N–H and O–H groups in total. The molecular weight excluding hydrogens is 238 g/mol. The normalized spacial score (nSPS) is 24.3. The molecule has 2 atom stereocenters. The Morgan fingerprint density at radius 1 is 1.42 bits per heavy atom. The summed E-state index contributed by atoms with van der Waals surface area (Å²) in [5.74, 6) is 1.15. The van der Waals surface area contributed by atoms with Crippen LogP contribution in [0.15, 0.2) is 12.4 Å². The first-order valence-electron chi connectivity index (χ1n) is 7.24. The summed E-state index contributed by atoms with van der Waals surface area (Å²) in [6.45, 7) is 6.55. The van der Waals surface area contributed by atoms with Gasteiger partial charge in [0, 0.05) is 31.5 Å². The van der Waals surface area contributed by atoms with Gasteiger partial charge in [0.05, 0.1) is 6.04 Å². The van der Waals surface area contributed by atoms with E-state index in [9.17, 15) is 0 Å². The molecule has 1 fully saturated rings. The molecule has 0 amide bonds. The minimum absolute atomic E-state index is 0.278. The van der Waals surface area contributed by atoms with E-state index in [0.717, 1.165) is 25.5 Å². The highest BCUT2D eigenvalue weighted by molar-refractivity contribution is 5.05. The summed E-state index contributed by atoms with van der Waals surface area (Å²) < 4.78 is 2.24. The van der Waals surface area contributed by atoms with Crippen molar-refractivity contribution in [1.29, 1.82) is 0 Å². The van der Waals surface area contributed by atoms with Crippen LogP contribution in [-0.2, 0) is 6.54 Å². The zero-order valence-corrected chi connectivity index (χ0v) is 12.6. The van der Waals surface area contributed by atoms with Gasteiger partial charge in [-0.1, -0.05) is 0 Å². The molecule has 0 saturated carbocycles. The monoisotopic (exact) mass is 265 g/mol. The fraction of sp³-hybridized carbons (Fsp3) is 0.786. The second-order valence-corrected chi connectivity index (χ2v) is 5.50. The van der Waals surface area contributed by atoms with E-state index < -0.39 is 0 Å². The van der Waals surface area contributed by atoms with Crippen LogP contribution in [0.2, 0.25) is 0 Å². The molecule has 1 aliphatic heterocycles. The standard InChI is InChI=1S/C14H27N5/c1-5-19-10-7-16-14(19)13(15-2)12-11-17(3)8-6-9-18(12)4/h7,10,12-13,15H,5-6,8-9,11H2,1-4H3. The number of hydrogen-bond donors (Lipinski definition) is 1. The summed E-state index contributed by atoms with van der Waals surface area (Å²) >= 11 is 0. The fourth-order valence-corrected chi connectivity index (χ4v) is 3.03. The molecule has 0 spiro atoms. The van der Waals surface area contributed by atoms with E-state index >= 15 is 0 Å². The van der Waals surface area contributed by atoms with Crippen molar-refractivity contribution < 1.29 is 0 Å². The molecule has 108 valence electrons. The molecule has 19 heavy (non-hydrogen) atoms. The Kier molecular flexibility index (Phi) is 4.96. The van der Waals surface area contributed by atoms with Crippen LogP contribution in [0.3, 0.4) is 0 Å². The highest BCUT2D eigenvalue weighted by Crippen LogP contribution is 2.21. The van der Waals surface area contributed by atoms with Gasteiger partial charge in [0.2, 0.25) is 0 Å². The molecule has 2 unspecified atom stereocenters. The number of rotatable bonds is 4. The van der Waals surface area contributed by atoms with Gasteiger partial charge >= 0.3 is 0 Å². The largest absolute Gasteiger partial charge is 0.334 e. The molecule has 1 aromatic rings. The van der Waals surface area contributed by atoms with Gasteiger partial charge in [-0.3, -0.25) is 0 Å². The molecule has 1 aliphatic rings. The Hall–Kier alpha value is -0.910. The third-order valence-corrected chi connectivity index (χ3v) is 4.18. The van der Waals surface area contributed by atoms with Gasteiger partial charge < -0.3 is 19.7 Å². The van der Waals surface area contributed by atoms with Gasteiger partial charge in [0.1, 0.15) is 5.82 Å². The van der Waals surface area contributed by atoms with E-state index in [4.69, 9.17) is 0 Å². The lowest BCUT2D eigenvalue weighted by Gasteiger charge is -2.34. The third-order valence-electron chi connectivity index (χ3n) is 4.18. The van der Waals surface area contributed by atoms with Crippen molar-refractivity contribution in [2.24, 2.45) is 0 Å². The molecule has 0 aromatic carbocycles. The van der Waals surface area contributed by atoms with Crippen LogP contribution in [0.25, 0.3) is 0 Å². The summed E-state index contributed by atoms with van der Waals surface area (Å²) in [6.07, 6.45) is 5.21. The smallest absolute Gasteiger partial charge is 0.127 e. The van der Waals surface area contributed by atoms with Crippen LogP contribution in [0.4, 0.5) is 0 Å². The number of nitrogens with zero attached hydrogens (tertiary/aromatic N) is 4. The van der Waals surface area contributed by atoms with Crippen molar-refractivity contribution in [3.63, 3.8) is 0 Å². The molecule has 0 bridgehead atoms. The average molecular weight is 265 g/mol. The molecule has 5 heteroatoms. The van der Waals surface area contributed by atoms with Crippen molar-refractivity contribution in [3.05, 3.63) is 18.2 Å². The van der Waals surface area contributed by atoms with E-state index in [-0.39, 0.29) is 6.04 Å². The van der Waals surface area contributed by atoms with Crippen LogP contribution < -0.4 is 5.32 Å². The van der Waals surface area contributed by atoms with Crippen molar-refractivity contribution in [3.8, 4) is 0 Å². The van der Waals surface area contributed by atoms with Gasteiger partial charge in [-0.2, -0.15) is 0 Å². The Morgan fingerprint density at radius 3 is 2.89 bits per heavy atom. The van der Waals surface area contributed by atoms with Gasteiger partial charge in [0.25, 0.3) is 0 Å². The van der Waals surface area contributed by atoms with E-state index in [1.165, 1.54) is 13.0 Å². The molecule has 2 rings (SSSR count). The lowest BCUT2D eigenvalue weighted by Crippen LogP contribution is -2.47. The number of nitrogens with one attached hydrogen (secondary N) is 1. The van der Waals surface area contributed by atoms with Crippen LogP contribution >= 0.6 is 0 Å². The maximum atomic E-state index is 4.58. The summed E-state index contributed by atoms with van der Waals surface area (Å²) in [5, 5.41) is 3.48. The minimum Gasteiger partial charge on any atom is -0.334 e. The van der Waals surface area contributed by atoms with Crippen molar-refractivity contribution in [2.45, 2.75) is 32.0 Å². The maximum absolute atomic E-state index is 4.58. The predicted octanol–water partition coefficient (Wildman–Crippen LogP) is 0.799. The number of likely N-dealkylation sites (N-methyl/N-ethyl adjacent to an activating group) is 3. The zero-order valence-electron chi connectivity index (χ0n) is 12.6. The van der Waals surface area contributed by atoms with Gasteiger partial charge in [-0.05, 0) is 47.6 Å². The van der Waals surface area contributed by atoms with E-state index in [0.29, 0.717) is 6.04 Å². The van der Waals surface area contributed by atoms with Crippen molar-refractivity contribution in [2.75, 3.05) is 40.8 Å². The predicted molar refractivity (Wildman–Crippen MR) is 78.2 cm³/mol. The Balaban J connectivity index is 2.24. The fourth-order valence-electron chi connectivity index (χ4n) is 3.03. The highest BCUT2D eigenvalue weighted by Gasteiger charge is 2.30. The summed E-state index contributed by atoms with van der Waals surface area (Å²) in [7, 11) is 6.48. The number of imidazole rings is 1. The summed E-state index contributed by atoms with van der Waals surface area (Å²) in [4.78, 5) is 9.48. The maximum Gasteiger partial charge on any atom is 0.127 e. The molecule has 1 aromatic heterocycles. The number of hydrogen-bond acceptors (Lipinski definition) is 4. The SMILES string of the molecule is CCn1ccnc1C(NC)C1CN(C)CCCN1C. The Bertz CT molecular complexity index is 389. The second kappa shape index (κ2) is 6.50. The van der Waals surface area contributed by atoms with E-state index in [1.807, 2.05) is 13.2 Å². The summed E-state index contributed by atoms with van der Waals surface area (Å²) in [5.41, 5.74) is 0. The molecular formula is C14H27N5. The topological polar surface area (TPSA) is 36.3 Å². The zero-order chi connectivity index (χ0) is 13.8. The van der Waals surface area contributed by atoms with Crippen molar-refractivity contribution >= 4 is 0 Å². The first kappa shape index (κ1) is 14.5. The summed E-state index contributed by atoms with van der Waals surface area (Å²) in [6, 6.07) is 0.741. The van der Waals surface area contributed by atoms with Crippen LogP contribution in [-0.4, -0.2) is 66.2 Å². The average Bonchev–Trinajstić information content (AvgIpc) is 2.79. The van der Waals surface area contributed by atoms with Gasteiger partial charge in [-0.25, -0.2) is 4.98 Å². The highest BCUT2D eigenvalue weighted by atomic mass is 15.3. The van der Waals surface area contributed by atoms with Crippen LogP contribution in [0.5, 0.6) is 0 Å². The van der Waals surface area contributed by atoms with E-state index in [1.54, 1.807) is 0 Å². The van der Waals surface area contributed by atoms with Crippen molar-refractivity contribution in [1.82, 2.24) is 24.7 Å².